The molecule has 0 spiro atoms. The summed E-state index contributed by atoms with van der Waals surface area (Å²) in [6, 6.07) is 14.7. The second-order valence-electron chi connectivity index (χ2n) is 6.86. The van der Waals surface area contributed by atoms with Gasteiger partial charge in [-0.2, -0.15) is 0 Å². The number of sulfonamides is 1. The highest BCUT2D eigenvalue weighted by atomic mass is 32.2. The highest BCUT2D eigenvalue weighted by Gasteiger charge is 2.22. The fraction of sp³-hybridized carbons (Fsp3) is 0.200. The maximum Gasteiger partial charge on any atom is 0.247 e. The minimum Gasteiger partial charge on any atom is -0.420 e. The highest BCUT2D eigenvalue weighted by Crippen LogP contribution is 2.25. The Balaban J connectivity index is 1.47. The van der Waals surface area contributed by atoms with E-state index in [0.717, 1.165) is 16.1 Å². The molecule has 0 unspecified atom stereocenters. The summed E-state index contributed by atoms with van der Waals surface area (Å²) in [7, 11) is -1.88. The second kappa shape index (κ2) is 9.09. The molecule has 4 rings (SSSR count). The van der Waals surface area contributed by atoms with Gasteiger partial charge in [0, 0.05) is 12.6 Å². The third-order valence-corrected chi connectivity index (χ3v) is 6.68. The molecule has 4 aromatic rings. The molecule has 0 fully saturated rings. The van der Waals surface area contributed by atoms with Crippen molar-refractivity contribution in [3.05, 3.63) is 72.1 Å². The van der Waals surface area contributed by atoms with Gasteiger partial charge in [0.25, 0.3) is 0 Å². The van der Waals surface area contributed by atoms with Crippen molar-refractivity contribution in [3.63, 3.8) is 0 Å². The molecule has 2 aromatic carbocycles. The molecule has 0 N–H and O–H groups in total. The molecule has 2 heterocycles. The third-order valence-electron chi connectivity index (χ3n) is 4.54. The minimum atomic E-state index is -3.63. The van der Waals surface area contributed by atoms with E-state index in [1.54, 1.807) is 11.6 Å². The average molecular weight is 475 g/mol. The topological polar surface area (TPSA) is 107 Å². The molecule has 0 bridgehead atoms. The van der Waals surface area contributed by atoms with Gasteiger partial charge >= 0.3 is 0 Å². The van der Waals surface area contributed by atoms with E-state index in [9.17, 15) is 12.8 Å². The molecule has 9 nitrogen and oxygen atoms in total. The molecule has 0 saturated heterocycles. The van der Waals surface area contributed by atoms with Crippen LogP contribution < -0.4 is 4.31 Å². The van der Waals surface area contributed by atoms with Crippen LogP contribution in [0.5, 0.6) is 0 Å². The molecule has 0 aliphatic rings. The van der Waals surface area contributed by atoms with Crippen molar-refractivity contribution in [1.82, 2.24) is 25.0 Å². The standard InChI is InChI=1S/C20H19FN6O3S2/c1-26-17(12-27(32(2,28)29)16-10-8-15(21)9-11-16)22-25-20(26)31-13-18-23-24-19(30-18)14-6-4-3-5-7-14/h3-11H,12-13H2,1-2H3. The summed E-state index contributed by atoms with van der Waals surface area (Å²) in [6.07, 6.45) is 1.09. The normalized spacial score (nSPS) is 11.6. The van der Waals surface area contributed by atoms with Crippen molar-refractivity contribution in [3.8, 4) is 11.5 Å². The van der Waals surface area contributed by atoms with Gasteiger partial charge in [0.2, 0.25) is 21.8 Å². The summed E-state index contributed by atoms with van der Waals surface area (Å²) >= 11 is 1.34. The zero-order valence-electron chi connectivity index (χ0n) is 17.2. The van der Waals surface area contributed by atoms with E-state index in [0.29, 0.717) is 34.2 Å². The number of nitrogens with zero attached hydrogens (tertiary/aromatic N) is 6. The zero-order valence-corrected chi connectivity index (χ0v) is 18.8. The van der Waals surface area contributed by atoms with Crippen molar-refractivity contribution >= 4 is 27.5 Å². The number of hydrogen-bond acceptors (Lipinski definition) is 8. The van der Waals surface area contributed by atoms with Gasteiger partial charge in [-0.1, -0.05) is 30.0 Å². The lowest BCUT2D eigenvalue weighted by atomic mass is 10.2. The molecule has 166 valence electrons. The summed E-state index contributed by atoms with van der Waals surface area (Å²) < 4.78 is 46.4. The van der Waals surface area contributed by atoms with E-state index < -0.39 is 15.8 Å². The van der Waals surface area contributed by atoms with E-state index in [1.807, 2.05) is 30.3 Å². The van der Waals surface area contributed by atoms with E-state index in [2.05, 4.69) is 20.4 Å². The lowest BCUT2D eigenvalue weighted by Crippen LogP contribution is -2.30. The Bertz CT molecular complexity index is 1310. The summed E-state index contributed by atoms with van der Waals surface area (Å²) in [5, 5.41) is 16.9. The van der Waals surface area contributed by atoms with Crippen LogP contribution in [-0.4, -0.2) is 39.6 Å². The number of hydrogen-bond donors (Lipinski definition) is 0. The molecular weight excluding hydrogens is 455 g/mol. The van der Waals surface area contributed by atoms with Crippen molar-refractivity contribution < 1.29 is 17.2 Å². The first-order valence-corrected chi connectivity index (χ1v) is 12.3. The molecule has 0 aliphatic heterocycles. The van der Waals surface area contributed by atoms with Gasteiger partial charge in [0.1, 0.15) is 5.82 Å². The fourth-order valence-corrected chi connectivity index (χ4v) is 4.50. The maximum atomic E-state index is 13.2. The molecule has 12 heteroatoms. The van der Waals surface area contributed by atoms with Gasteiger partial charge < -0.3 is 8.98 Å². The number of thioether (sulfide) groups is 1. The predicted octanol–water partition coefficient (Wildman–Crippen LogP) is 3.26. The molecule has 32 heavy (non-hydrogen) atoms. The van der Waals surface area contributed by atoms with E-state index in [4.69, 9.17) is 4.42 Å². The van der Waals surface area contributed by atoms with Crippen LogP contribution in [-0.2, 0) is 29.4 Å². The number of anilines is 1. The van der Waals surface area contributed by atoms with Crippen LogP contribution in [0, 0.1) is 5.82 Å². The predicted molar refractivity (Wildman–Crippen MR) is 118 cm³/mol. The Morgan fingerprint density at radius 3 is 2.44 bits per heavy atom. The molecule has 0 radical (unpaired) electrons. The molecular formula is C20H19FN6O3S2. The quantitative estimate of drug-likeness (QED) is 0.358. The highest BCUT2D eigenvalue weighted by molar-refractivity contribution is 7.98. The van der Waals surface area contributed by atoms with Crippen molar-refractivity contribution in [2.24, 2.45) is 7.05 Å². The summed E-state index contributed by atoms with van der Waals surface area (Å²) in [5.74, 6) is 1.22. The van der Waals surface area contributed by atoms with Crippen molar-refractivity contribution in [2.45, 2.75) is 17.5 Å². The SMILES string of the molecule is Cn1c(CN(c2ccc(F)cc2)S(C)(=O)=O)nnc1SCc1nnc(-c2ccccc2)o1. The Kier molecular flexibility index (Phi) is 6.24. The van der Waals surface area contributed by atoms with Gasteiger partial charge in [-0.3, -0.25) is 4.31 Å². The number of rotatable bonds is 8. The van der Waals surface area contributed by atoms with Crippen LogP contribution in [0.25, 0.3) is 11.5 Å². The lowest BCUT2D eigenvalue weighted by Gasteiger charge is -2.21. The number of benzene rings is 2. The van der Waals surface area contributed by atoms with Crippen molar-refractivity contribution in [2.75, 3.05) is 10.6 Å². The molecule has 0 saturated carbocycles. The fourth-order valence-electron chi connectivity index (χ4n) is 2.88. The number of aromatic nitrogens is 5. The van der Waals surface area contributed by atoms with Crippen LogP contribution in [0.1, 0.15) is 11.7 Å². The van der Waals surface area contributed by atoms with Gasteiger partial charge in [0.05, 0.1) is 24.2 Å². The third kappa shape index (κ3) is 4.97. The summed E-state index contributed by atoms with van der Waals surface area (Å²) in [6.45, 7) is -0.0484. The second-order valence-corrected chi connectivity index (χ2v) is 9.71. The minimum absolute atomic E-state index is 0.0484. The van der Waals surface area contributed by atoms with Gasteiger partial charge in [-0.15, -0.1) is 20.4 Å². The van der Waals surface area contributed by atoms with E-state index in [1.165, 1.54) is 36.0 Å². The van der Waals surface area contributed by atoms with Crippen LogP contribution in [0.4, 0.5) is 10.1 Å². The molecule has 0 aliphatic carbocycles. The van der Waals surface area contributed by atoms with Gasteiger partial charge in [-0.05, 0) is 36.4 Å². The van der Waals surface area contributed by atoms with Crippen LogP contribution in [0.3, 0.4) is 0 Å². The summed E-state index contributed by atoms with van der Waals surface area (Å²) in [4.78, 5) is 0. The van der Waals surface area contributed by atoms with E-state index >= 15 is 0 Å². The lowest BCUT2D eigenvalue weighted by molar-refractivity contribution is 0.528. The number of halogens is 1. The largest absolute Gasteiger partial charge is 0.420 e. The molecule has 2 aromatic heterocycles. The Morgan fingerprint density at radius 1 is 1.03 bits per heavy atom. The molecule has 0 atom stereocenters. The Hall–Kier alpha value is -3.25. The van der Waals surface area contributed by atoms with Gasteiger partial charge in [-0.25, -0.2) is 12.8 Å². The first kappa shape index (κ1) is 22.0. The summed E-state index contributed by atoms with van der Waals surface area (Å²) in [5.41, 5.74) is 1.17. The monoisotopic (exact) mass is 474 g/mol. The maximum absolute atomic E-state index is 13.2. The Labute approximate surface area is 188 Å². The Morgan fingerprint density at radius 2 is 1.75 bits per heavy atom. The average Bonchev–Trinajstić information content (AvgIpc) is 3.38. The van der Waals surface area contributed by atoms with Crippen molar-refractivity contribution in [1.29, 1.82) is 0 Å². The first-order chi connectivity index (χ1) is 15.3. The zero-order chi connectivity index (χ0) is 22.7. The first-order valence-electron chi connectivity index (χ1n) is 9.43. The molecule has 0 amide bonds. The smallest absolute Gasteiger partial charge is 0.247 e. The van der Waals surface area contributed by atoms with Crippen LogP contribution in [0.2, 0.25) is 0 Å². The van der Waals surface area contributed by atoms with E-state index in [-0.39, 0.29) is 6.54 Å². The van der Waals surface area contributed by atoms with Crippen LogP contribution >= 0.6 is 11.8 Å². The van der Waals surface area contributed by atoms with Gasteiger partial charge in [0.15, 0.2) is 11.0 Å². The van der Waals surface area contributed by atoms with Crippen LogP contribution in [0.15, 0.2) is 64.2 Å².